The van der Waals surface area contributed by atoms with Gasteiger partial charge < -0.3 is 21.9 Å². The number of carbonyl (C=O) groups is 2. The van der Waals surface area contributed by atoms with Crippen molar-refractivity contribution in [1.29, 1.82) is 0 Å². The Morgan fingerprint density at radius 3 is 2.92 bits per heavy atom. The number of hydrogen-bond donors (Lipinski definition) is 4. The maximum absolute atomic E-state index is 10.9. The van der Waals surface area contributed by atoms with Crippen molar-refractivity contribution in [2.24, 2.45) is 11.5 Å². The average molecular weight is 182 g/mol. The lowest BCUT2D eigenvalue weighted by Gasteiger charge is -2.05. The molecular weight excluding hydrogens is 162 g/mol. The van der Waals surface area contributed by atoms with E-state index in [9.17, 15) is 9.59 Å². The van der Waals surface area contributed by atoms with Gasteiger partial charge in [-0.2, -0.15) is 0 Å². The van der Waals surface area contributed by atoms with Crippen LogP contribution in [-0.2, 0) is 4.79 Å². The first-order valence-electron chi connectivity index (χ1n) is 6.25. The number of hydrogen-bond acceptors (Lipinski definition) is 3. The summed E-state index contributed by atoms with van der Waals surface area (Å²) >= 11 is 0. The molecule has 0 aliphatic heterocycles. The van der Waals surface area contributed by atoms with Crippen LogP contribution in [0.25, 0.3) is 0 Å². The topological polar surface area (TPSA) is 118 Å². The molecule has 2 amide bonds. The molecule has 6 heteroatoms. The Labute approximate surface area is 79.9 Å². The molecule has 0 radical (unpaired) electrons. The number of nitrogens with one attached hydrogen (secondary N) is 1. The van der Waals surface area contributed by atoms with Gasteiger partial charge in [-0.3, -0.25) is 4.79 Å². The van der Waals surface area contributed by atoms with Crippen molar-refractivity contribution >= 4 is 12.0 Å². The number of aliphatic carboxylic acids is 1. The maximum atomic E-state index is 10.9. The molecule has 0 spiro atoms. The number of amides is 2. The van der Waals surface area contributed by atoms with Gasteiger partial charge in [-0.25, -0.2) is 4.79 Å². The number of carboxylic acids is 1. The Bertz CT molecular complexity index is 377. The van der Waals surface area contributed by atoms with E-state index in [-0.39, 0.29) is 0 Å². The fraction of sp³-hybridized carbons (Fsp3) is 0.667. The van der Waals surface area contributed by atoms with E-state index in [2.05, 4.69) is 5.73 Å². The van der Waals surface area contributed by atoms with Gasteiger partial charge in [0.1, 0.15) is 8.84 Å². The molecule has 12 heavy (non-hydrogen) atoms. The molecule has 0 aromatic heterocycles. The highest BCUT2D eigenvalue weighted by Gasteiger charge is 2.09. The third-order valence-electron chi connectivity index (χ3n) is 0.760. The molecule has 0 fully saturated rings. The SMILES string of the molecule is [2H]N([2H])[C@]([2H])(C(=O)O)C([2H])([2H])C([2H])([2H])CNC(N)=O. The largest absolute Gasteiger partial charge is 0.480 e. The van der Waals surface area contributed by atoms with Gasteiger partial charge in [-0.15, -0.1) is 0 Å². The second-order valence-corrected chi connectivity index (χ2v) is 1.67. The molecule has 0 bridgehead atoms. The third-order valence-corrected chi connectivity index (χ3v) is 0.760. The van der Waals surface area contributed by atoms with E-state index in [0.29, 0.717) is 0 Å². The van der Waals surface area contributed by atoms with Crippen molar-refractivity contribution in [2.75, 3.05) is 6.54 Å². The van der Waals surface area contributed by atoms with Gasteiger partial charge in [0.2, 0.25) is 0 Å². The average Bonchev–Trinajstić information content (AvgIpc) is 2.24. The lowest BCUT2D eigenvalue weighted by atomic mass is 10.2. The molecule has 6 N–H and O–H groups in total. The quantitative estimate of drug-likeness (QED) is 0.414. The summed E-state index contributed by atoms with van der Waals surface area (Å²) < 4.78 is 50.7. The van der Waals surface area contributed by atoms with Gasteiger partial charge in [0.25, 0.3) is 0 Å². The summed E-state index contributed by atoms with van der Waals surface area (Å²) in [5.74, 6) is -2.22. The summed E-state index contributed by atoms with van der Waals surface area (Å²) in [6.45, 7) is -1.02. The normalized spacial score (nSPS) is 25.9. The molecule has 0 unspecified atom stereocenters. The maximum Gasteiger partial charge on any atom is 0.320 e. The smallest absolute Gasteiger partial charge is 0.320 e. The van der Waals surface area contributed by atoms with E-state index >= 15 is 0 Å². The predicted molar refractivity (Wildman–Crippen MR) is 42.4 cm³/mol. The molecule has 0 saturated heterocycles. The van der Waals surface area contributed by atoms with Crippen molar-refractivity contribution in [1.82, 2.24) is 5.32 Å². The lowest BCUT2D eigenvalue weighted by molar-refractivity contribution is -0.138. The predicted octanol–water partition coefficient (Wildman–Crippen LogP) is -1.15. The molecule has 1 atom stereocenters. The number of urea groups is 1. The fourth-order valence-electron chi connectivity index (χ4n) is 0.313. The summed E-state index contributed by atoms with van der Waals surface area (Å²) in [5.41, 5.74) is 3.93. The standard InChI is InChI=1S/C6H13N3O3/c7-4(5(10)11)2-1-3-9-6(8)12/h4H,1-3,7H2,(H,10,11)(H3,8,9,12)/t4-/m0/s1/i1D2,2D2,4D/hD2. The van der Waals surface area contributed by atoms with Crippen LogP contribution in [-0.4, -0.2) is 29.7 Å². The van der Waals surface area contributed by atoms with Crippen LogP contribution < -0.4 is 16.8 Å². The van der Waals surface area contributed by atoms with Crippen molar-refractivity contribution in [3.8, 4) is 0 Å². The monoisotopic (exact) mass is 182 g/mol. The van der Waals surface area contributed by atoms with E-state index in [4.69, 9.17) is 14.8 Å². The third kappa shape index (κ3) is 5.48. The minimum Gasteiger partial charge on any atom is -0.480 e. The Kier molecular flexibility index (Phi) is 1.61. The molecule has 6 nitrogen and oxygen atoms in total. The highest BCUT2D eigenvalue weighted by Crippen LogP contribution is 1.92. The second-order valence-electron chi connectivity index (χ2n) is 1.67. The molecule has 0 rings (SSSR count). The van der Waals surface area contributed by atoms with Crippen molar-refractivity contribution in [2.45, 2.75) is 18.8 Å². The van der Waals surface area contributed by atoms with Gasteiger partial charge in [-0.1, -0.05) is 0 Å². The zero-order valence-electron chi connectivity index (χ0n) is 13.0. The van der Waals surface area contributed by atoms with Crippen molar-refractivity contribution in [3.05, 3.63) is 0 Å². The van der Waals surface area contributed by atoms with Crippen LogP contribution in [0.1, 0.15) is 19.6 Å². The molecule has 0 saturated carbocycles. The summed E-state index contributed by atoms with van der Waals surface area (Å²) in [5, 5.41) is 10.5. The summed E-state index contributed by atoms with van der Waals surface area (Å²) in [4.78, 5) is 21.4. The van der Waals surface area contributed by atoms with Gasteiger partial charge in [0.05, 0.1) is 1.37 Å². The Morgan fingerprint density at radius 1 is 1.83 bits per heavy atom. The minimum absolute atomic E-state index is 0.753. The first-order chi connectivity index (χ1) is 8.30. The highest BCUT2D eigenvalue weighted by molar-refractivity contribution is 5.73. The van der Waals surface area contributed by atoms with Crippen LogP contribution in [0.5, 0.6) is 0 Å². The van der Waals surface area contributed by atoms with E-state index in [1.807, 2.05) is 0 Å². The number of rotatable bonds is 6. The Hall–Kier alpha value is -1.30. The molecule has 0 heterocycles. The van der Waals surface area contributed by atoms with Crippen LogP contribution in [0, 0.1) is 0 Å². The van der Waals surface area contributed by atoms with Crippen molar-refractivity contribution in [3.63, 3.8) is 0 Å². The Morgan fingerprint density at radius 2 is 2.50 bits per heavy atom. The second kappa shape index (κ2) is 5.36. The number of carbonyl (C=O) groups excluding carboxylic acids is 1. The summed E-state index contributed by atoms with van der Waals surface area (Å²) in [6.07, 6.45) is -6.54. The zero-order valence-corrected chi connectivity index (χ0v) is 6.00. The molecule has 0 aliphatic carbocycles. The van der Waals surface area contributed by atoms with Crippen LogP contribution in [0.15, 0.2) is 0 Å². The highest BCUT2D eigenvalue weighted by atomic mass is 16.4. The number of carboxylic acid groups (broad SMARTS) is 1. The first kappa shape index (κ1) is 3.61. The Balaban J connectivity index is 5.53. The van der Waals surface area contributed by atoms with Gasteiger partial charge in [-0.05, 0) is 12.7 Å². The minimum atomic E-state index is -3.53. The molecular formula is C6H13N3O3. The van der Waals surface area contributed by atoms with E-state index in [1.165, 1.54) is 0 Å². The van der Waals surface area contributed by atoms with E-state index in [0.717, 1.165) is 0 Å². The number of primary amides is 1. The number of nitrogens with two attached hydrogens (primary N) is 2. The molecule has 70 valence electrons. The molecule has 0 aliphatic rings. The van der Waals surface area contributed by atoms with Crippen LogP contribution >= 0.6 is 0 Å². The fourth-order valence-corrected chi connectivity index (χ4v) is 0.313. The van der Waals surface area contributed by atoms with Crippen LogP contribution in [0.4, 0.5) is 4.79 Å². The van der Waals surface area contributed by atoms with E-state index in [1.54, 1.807) is 5.32 Å². The van der Waals surface area contributed by atoms with E-state index < -0.39 is 43.0 Å². The van der Waals surface area contributed by atoms with Gasteiger partial charge in [0, 0.05) is 12.0 Å². The summed E-state index contributed by atoms with van der Waals surface area (Å²) in [7, 11) is 0. The van der Waals surface area contributed by atoms with Gasteiger partial charge in [0.15, 0.2) is 0 Å². The van der Waals surface area contributed by atoms with Crippen molar-refractivity contribution < 1.29 is 24.4 Å². The first-order valence-corrected chi connectivity index (χ1v) is 2.85. The lowest BCUT2D eigenvalue weighted by Crippen LogP contribution is -2.33. The van der Waals surface area contributed by atoms with Gasteiger partial charge >= 0.3 is 12.0 Å². The zero-order chi connectivity index (χ0) is 15.6. The molecule has 0 aromatic rings. The summed E-state index contributed by atoms with van der Waals surface area (Å²) in [6, 6.07) is -4.70. The van der Waals surface area contributed by atoms with Crippen LogP contribution in [0.2, 0.25) is 2.82 Å². The molecule has 0 aromatic carbocycles. The van der Waals surface area contributed by atoms with Crippen LogP contribution in [0.3, 0.4) is 0 Å².